The maximum atomic E-state index is 9.50. The number of nitrogens with zero attached hydrogens (tertiary/aromatic N) is 4. The van der Waals surface area contributed by atoms with E-state index in [1.165, 1.54) is 22.6 Å². The highest BCUT2D eigenvalue weighted by Gasteiger charge is 2.41. The molecule has 0 saturated carbocycles. The van der Waals surface area contributed by atoms with Gasteiger partial charge in [0.2, 0.25) is 0 Å². The van der Waals surface area contributed by atoms with Crippen molar-refractivity contribution in [1.29, 1.82) is 0 Å². The number of aliphatic hydroxyl groups excluding tert-OH is 1. The molecular formula is C27H33N5O2S. The van der Waals surface area contributed by atoms with E-state index in [-0.39, 0.29) is 18.7 Å². The largest absolute Gasteiger partial charge is 0.396 e. The van der Waals surface area contributed by atoms with Crippen molar-refractivity contribution in [1.82, 2.24) is 19.8 Å². The van der Waals surface area contributed by atoms with Crippen LogP contribution in [0.5, 0.6) is 0 Å². The van der Waals surface area contributed by atoms with Gasteiger partial charge in [-0.3, -0.25) is 4.98 Å². The molecule has 2 N–H and O–H groups in total. The summed E-state index contributed by atoms with van der Waals surface area (Å²) in [5, 5.41) is 13.7. The number of anilines is 1. The van der Waals surface area contributed by atoms with Gasteiger partial charge in [-0.2, -0.15) is 0 Å². The minimum atomic E-state index is -0.0555. The SMILES string of the molecule is Cc1cc(C2C(c3ccccn3)NC(=S)N2CCCO)c(C)n1-c1ccc(N2CCOCC2)cc1. The Morgan fingerprint density at radius 1 is 1.09 bits per heavy atom. The Morgan fingerprint density at radius 3 is 2.51 bits per heavy atom. The van der Waals surface area contributed by atoms with Gasteiger partial charge < -0.3 is 29.5 Å². The Labute approximate surface area is 212 Å². The average molecular weight is 492 g/mol. The normalized spacial score (nSPS) is 20.4. The van der Waals surface area contributed by atoms with Crippen molar-refractivity contribution in [2.75, 3.05) is 44.4 Å². The summed E-state index contributed by atoms with van der Waals surface area (Å²) in [7, 11) is 0. The fourth-order valence-corrected chi connectivity index (χ4v) is 5.68. The summed E-state index contributed by atoms with van der Waals surface area (Å²) in [6.07, 6.45) is 2.49. The molecule has 4 heterocycles. The zero-order valence-corrected chi connectivity index (χ0v) is 21.2. The molecule has 7 nitrogen and oxygen atoms in total. The molecule has 0 amide bonds. The van der Waals surface area contributed by atoms with E-state index in [0.717, 1.165) is 37.7 Å². The van der Waals surface area contributed by atoms with Crippen LogP contribution in [0.1, 0.15) is 41.1 Å². The highest BCUT2D eigenvalue weighted by Crippen LogP contribution is 2.41. The van der Waals surface area contributed by atoms with Crippen molar-refractivity contribution in [3.63, 3.8) is 0 Å². The Morgan fingerprint density at radius 2 is 1.83 bits per heavy atom. The number of morpholine rings is 1. The second kappa shape index (κ2) is 10.4. The molecule has 0 spiro atoms. The van der Waals surface area contributed by atoms with Gasteiger partial charge in [0.1, 0.15) is 0 Å². The zero-order chi connectivity index (χ0) is 24.4. The van der Waals surface area contributed by atoms with Crippen molar-refractivity contribution < 1.29 is 9.84 Å². The van der Waals surface area contributed by atoms with E-state index in [1.54, 1.807) is 0 Å². The minimum Gasteiger partial charge on any atom is -0.396 e. The summed E-state index contributed by atoms with van der Waals surface area (Å²) < 4.78 is 7.82. The van der Waals surface area contributed by atoms with Crippen molar-refractivity contribution in [2.45, 2.75) is 32.4 Å². The number of aliphatic hydroxyl groups is 1. The molecule has 2 unspecified atom stereocenters. The van der Waals surface area contributed by atoms with Gasteiger partial charge in [-0.05, 0) is 80.5 Å². The fraction of sp³-hybridized carbons (Fsp3) is 0.407. The number of benzene rings is 1. The number of hydrogen-bond acceptors (Lipinski definition) is 5. The predicted molar refractivity (Wildman–Crippen MR) is 142 cm³/mol. The Bertz CT molecular complexity index is 1160. The van der Waals surface area contributed by atoms with Gasteiger partial charge in [0.25, 0.3) is 0 Å². The van der Waals surface area contributed by atoms with Crippen molar-refractivity contribution in [3.8, 4) is 5.69 Å². The molecule has 8 heteroatoms. The number of aromatic nitrogens is 2. The zero-order valence-electron chi connectivity index (χ0n) is 20.4. The maximum Gasteiger partial charge on any atom is 0.170 e. The number of aryl methyl sites for hydroxylation is 1. The van der Waals surface area contributed by atoms with Gasteiger partial charge in [0.05, 0.1) is 31.0 Å². The first kappa shape index (κ1) is 23.8. The summed E-state index contributed by atoms with van der Waals surface area (Å²) in [4.78, 5) is 9.22. The van der Waals surface area contributed by atoms with E-state index in [0.29, 0.717) is 18.1 Å². The molecule has 1 aromatic carbocycles. The summed E-state index contributed by atoms with van der Waals surface area (Å²) in [6.45, 7) is 8.57. The lowest BCUT2D eigenvalue weighted by atomic mass is 9.96. The minimum absolute atomic E-state index is 0.00322. The van der Waals surface area contributed by atoms with Crippen molar-refractivity contribution in [2.24, 2.45) is 0 Å². The second-order valence-electron chi connectivity index (χ2n) is 9.17. The van der Waals surface area contributed by atoms with Crippen LogP contribution in [0.2, 0.25) is 0 Å². The number of rotatable bonds is 7. The monoisotopic (exact) mass is 491 g/mol. The lowest BCUT2D eigenvalue weighted by molar-refractivity contribution is 0.122. The van der Waals surface area contributed by atoms with E-state index in [2.05, 4.69) is 68.8 Å². The van der Waals surface area contributed by atoms with Crippen LogP contribution >= 0.6 is 12.2 Å². The molecule has 2 aromatic heterocycles. The number of hydrogen-bond donors (Lipinski definition) is 2. The standard InChI is InChI=1S/C27H33N5O2S/c1-19-18-23(20(2)32(19)22-9-7-21(8-10-22)30-13-16-34-17-14-30)26-25(24-6-3-4-11-28-24)29-27(35)31(26)12-5-15-33/h3-4,6-11,18,25-26,33H,5,12-17H2,1-2H3,(H,29,35). The number of pyridine rings is 1. The molecule has 0 aliphatic carbocycles. The number of ether oxygens (including phenoxy) is 1. The van der Waals surface area contributed by atoms with Crippen molar-refractivity contribution in [3.05, 3.63) is 77.4 Å². The van der Waals surface area contributed by atoms with Gasteiger partial charge in [0.15, 0.2) is 5.11 Å². The third-order valence-electron chi connectivity index (χ3n) is 7.03. The molecule has 2 aliphatic rings. The predicted octanol–water partition coefficient (Wildman–Crippen LogP) is 3.68. The lowest BCUT2D eigenvalue weighted by Crippen LogP contribution is -2.36. The van der Waals surface area contributed by atoms with Crippen LogP contribution in [0, 0.1) is 13.8 Å². The van der Waals surface area contributed by atoms with Crippen LogP contribution in [-0.4, -0.2) is 64.1 Å². The quantitative estimate of drug-likeness (QED) is 0.489. The van der Waals surface area contributed by atoms with E-state index in [4.69, 9.17) is 17.0 Å². The van der Waals surface area contributed by atoms with Crippen molar-refractivity contribution >= 4 is 23.0 Å². The summed E-state index contributed by atoms with van der Waals surface area (Å²) in [5.41, 5.74) is 6.93. The molecule has 0 bridgehead atoms. The van der Waals surface area contributed by atoms with Crippen LogP contribution < -0.4 is 10.2 Å². The summed E-state index contributed by atoms with van der Waals surface area (Å²) in [5.74, 6) is 0. The third-order valence-corrected chi connectivity index (χ3v) is 7.38. The van der Waals surface area contributed by atoms with Gasteiger partial charge in [-0.1, -0.05) is 6.07 Å². The molecule has 2 fully saturated rings. The van der Waals surface area contributed by atoms with Crippen LogP contribution in [-0.2, 0) is 4.74 Å². The molecule has 2 atom stereocenters. The first-order valence-corrected chi connectivity index (χ1v) is 12.7. The molecule has 0 radical (unpaired) electrons. The maximum absolute atomic E-state index is 9.50. The van der Waals surface area contributed by atoms with Gasteiger partial charge in [-0.25, -0.2) is 0 Å². The Hall–Kier alpha value is -2.94. The summed E-state index contributed by atoms with van der Waals surface area (Å²) >= 11 is 5.75. The lowest BCUT2D eigenvalue weighted by Gasteiger charge is -2.29. The second-order valence-corrected chi connectivity index (χ2v) is 9.56. The topological polar surface area (TPSA) is 65.8 Å². The fourth-order valence-electron chi connectivity index (χ4n) is 5.34. The third kappa shape index (κ3) is 4.66. The van der Waals surface area contributed by atoms with Crippen LogP contribution in [0.15, 0.2) is 54.7 Å². The van der Waals surface area contributed by atoms with Gasteiger partial charge >= 0.3 is 0 Å². The molecule has 3 aromatic rings. The van der Waals surface area contributed by atoms with Crippen LogP contribution in [0.4, 0.5) is 5.69 Å². The van der Waals surface area contributed by atoms with Crippen LogP contribution in [0.3, 0.4) is 0 Å². The highest BCUT2D eigenvalue weighted by atomic mass is 32.1. The van der Waals surface area contributed by atoms with Gasteiger partial charge in [0, 0.05) is 55.2 Å². The highest BCUT2D eigenvalue weighted by molar-refractivity contribution is 7.80. The molecule has 184 valence electrons. The number of nitrogens with one attached hydrogen (secondary N) is 1. The molecule has 5 rings (SSSR count). The van der Waals surface area contributed by atoms with Gasteiger partial charge in [-0.15, -0.1) is 0 Å². The first-order chi connectivity index (χ1) is 17.1. The molecule has 2 aliphatic heterocycles. The van der Waals surface area contributed by atoms with Crippen LogP contribution in [0.25, 0.3) is 5.69 Å². The van der Waals surface area contributed by atoms with E-state index in [1.807, 2.05) is 24.4 Å². The molecule has 35 heavy (non-hydrogen) atoms. The molecular weight excluding hydrogens is 458 g/mol. The van der Waals surface area contributed by atoms with E-state index >= 15 is 0 Å². The number of thiocarbonyl (C=S) groups is 1. The summed E-state index contributed by atoms with van der Waals surface area (Å²) in [6, 6.07) is 17.0. The average Bonchev–Trinajstić information content (AvgIpc) is 3.38. The Balaban J connectivity index is 1.50. The Kier molecular flexibility index (Phi) is 7.04. The smallest absolute Gasteiger partial charge is 0.170 e. The molecule has 2 saturated heterocycles. The first-order valence-electron chi connectivity index (χ1n) is 12.3. The van der Waals surface area contributed by atoms with E-state index < -0.39 is 0 Å². The van der Waals surface area contributed by atoms with E-state index in [9.17, 15) is 5.11 Å².